The molecule has 0 unspecified atom stereocenters. The van der Waals surface area contributed by atoms with Gasteiger partial charge >= 0.3 is 5.97 Å². The molecule has 7 heteroatoms. The maximum atomic E-state index is 12.2. The van der Waals surface area contributed by atoms with E-state index in [1.165, 1.54) is 36.4 Å². The van der Waals surface area contributed by atoms with Gasteiger partial charge < -0.3 is 10.4 Å². The number of carbonyl (C=O) groups excluding carboxylic acids is 1. The molecule has 0 radical (unpaired) electrons. The Hall–Kier alpha value is -3.22. The lowest BCUT2D eigenvalue weighted by molar-refractivity contribution is -0.385. The Balaban J connectivity index is 2.32. The minimum Gasteiger partial charge on any atom is -0.478 e. The van der Waals surface area contributed by atoms with Crippen LogP contribution in [0.1, 0.15) is 26.3 Å². The third-order valence-corrected chi connectivity index (χ3v) is 3.07. The zero-order valence-electron chi connectivity index (χ0n) is 11.6. The number of nitrogens with zero attached hydrogens (tertiary/aromatic N) is 1. The van der Waals surface area contributed by atoms with Gasteiger partial charge in [-0.3, -0.25) is 14.9 Å². The molecule has 0 atom stereocenters. The summed E-state index contributed by atoms with van der Waals surface area (Å²) < 4.78 is 0. The van der Waals surface area contributed by atoms with Gasteiger partial charge in [-0.1, -0.05) is 18.2 Å². The largest absolute Gasteiger partial charge is 0.478 e. The highest BCUT2D eigenvalue weighted by molar-refractivity contribution is 6.10. The molecule has 0 bridgehead atoms. The highest BCUT2D eigenvalue weighted by Crippen LogP contribution is 2.23. The van der Waals surface area contributed by atoms with E-state index in [4.69, 9.17) is 5.11 Å². The Bertz CT molecular complexity index is 770. The van der Waals surface area contributed by atoms with Crippen LogP contribution in [0.2, 0.25) is 0 Å². The van der Waals surface area contributed by atoms with Gasteiger partial charge in [-0.2, -0.15) is 0 Å². The summed E-state index contributed by atoms with van der Waals surface area (Å²) in [5.74, 6) is -1.86. The number of carboxylic acid groups (broad SMARTS) is 1. The molecule has 0 aliphatic rings. The summed E-state index contributed by atoms with van der Waals surface area (Å²) in [6.45, 7) is 1.59. The highest BCUT2D eigenvalue weighted by Gasteiger charge is 2.17. The van der Waals surface area contributed by atoms with Crippen molar-refractivity contribution in [3.05, 3.63) is 69.3 Å². The minimum atomic E-state index is -1.22. The molecule has 0 aromatic heterocycles. The topological polar surface area (TPSA) is 110 Å². The van der Waals surface area contributed by atoms with E-state index in [1.807, 2.05) is 0 Å². The Morgan fingerprint density at radius 2 is 1.77 bits per heavy atom. The van der Waals surface area contributed by atoms with Crippen molar-refractivity contribution < 1.29 is 19.6 Å². The number of anilines is 1. The summed E-state index contributed by atoms with van der Waals surface area (Å²) in [7, 11) is 0. The molecule has 0 saturated carbocycles. The molecule has 2 rings (SSSR count). The van der Waals surface area contributed by atoms with Crippen molar-refractivity contribution in [3.8, 4) is 0 Å². The number of rotatable bonds is 4. The second-order valence-electron chi connectivity index (χ2n) is 4.56. The van der Waals surface area contributed by atoms with Gasteiger partial charge in [-0.25, -0.2) is 4.79 Å². The molecule has 7 nitrogen and oxygen atoms in total. The summed E-state index contributed by atoms with van der Waals surface area (Å²) in [4.78, 5) is 33.6. The van der Waals surface area contributed by atoms with Crippen LogP contribution >= 0.6 is 0 Å². The molecular formula is C15H12N2O5. The first-order valence-electron chi connectivity index (χ1n) is 6.29. The van der Waals surface area contributed by atoms with E-state index in [0.717, 1.165) is 0 Å². The number of benzene rings is 2. The van der Waals surface area contributed by atoms with Gasteiger partial charge in [0, 0.05) is 17.3 Å². The number of aryl methyl sites for hydroxylation is 1. The van der Waals surface area contributed by atoms with Crippen molar-refractivity contribution >= 4 is 23.3 Å². The first-order valence-corrected chi connectivity index (χ1v) is 6.29. The van der Waals surface area contributed by atoms with E-state index in [2.05, 4.69) is 5.32 Å². The molecule has 0 saturated heterocycles. The molecule has 0 spiro atoms. The van der Waals surface area contributed by atoms with Gasteiger partial charge in [0.15, 0.2) is 0 Å². The summed E-state index contributed by atoms with van der Waals surface area (Å²) >= 11 is 0. The van der Waals surface area contributed by atoms with Gasteiger partial charge in [-0.05, 0) is 25.1 Å². The fraction of sp³-hybridized carbons (Fsp3) is 0.0667. The fourth-order valence-corrected chi connectivity index (χ4v) is 1.95. The van der Waals surface area contributed by atoms with E-state index in [0.29, 0.717) is 5.56 Å². The zero-order chi connectivity index (χ0) is 16.3. The highest BCUT2D eigenvalue weighted by atomic mass is 16.6. The van der Waals surface area contributed by atoms with Crippen molar-refractivity contribution in [2.75, 3.05) is 5.32 Å². The van der Waals surface area contributed by atoms with Crippen molar-refractivity contribution in [1.82, 2.24) is 0 Å². The van der Waals surface area contributed by atoms with Crippen LogP contribution in [0, 0.1) is 17.0 Å². The van der Waals surface area contributed by atoms with Gasteiger partial charge in [0.2, 0.25) is 0 Å². The van der Waals surface area contributed by atoms with Gasteiger partial charge in [0.05, 0.1) is 16.1 Å². The quantitative estimate of drug-likeness (QED) is 0.666. The molecule has 2 N–H and O–H groups in total. The summed E-state index contributed by atoms with van der Waals surface area (Å²) in [5, 5.41) is 22.4. The van der Waals surface area contributed by atoms with E-state index in [-0.39, 0.29) is 22.5 Å². The van der Waals surface area contributed by atoms with Crippen LogP contribution in [0.25, 0.3) is 0 Å². The van der Waals surface area contributed by atoms with Crippen LogP contribution in [0.3, 0.4) is 0 Å². The number of nitrogens with one attached hydrogen (secondary N) is 1. The monoisotopic (exact) mass is 300 g/mol. The molecule has 112 valence electrons. The molecule has 0 aliphatic carbocycles. The SMILES string of the molecule is Cc1ccc(NC(=O)c2ccccc2C(=O)O)cc1[N+](=O)[O-]. The first kappa shape index (κ1) is 15.2. The average Bonchev–Trinajstić information content (AvgIpc) is 2.48. The summed E-state index contributed by atoms with van der Waals surface area (Å²) in [6, 6.07) is 10.0. The second kappa shape index (κ2) is 6.04. The van der Waals surface area contributed by atoms with Gasteiger partial charge in [0.1, 0.15) is 0 Å². The van der Waals surface area contributed by atoms with Crippen LogP contribution in [0.5, 0.6) is 0 Å². The van der Waals surface area contributed by atoms with Crippen molar-refractivity contribution in [1.29, 1.82) is 0 Å². The molecule has 0 aliphatic heterocycles. The maximum Gasteiger partial charge on any atom is 0.336 e. The predicted molar refractivity (Wildman–Crippen MR) is 79.2 cm³/mol. The first-order chi connectivity index (χ1) is 10.4. The minimum absolute atomic E-state index is 0.0155. The number of hydrogen-bond acceptors (Lipinski definition) is 4. The third-order valence-electron chi connectivity index (χ3n) is 3.07. The number of carboxylic acids is 1. The predicted octanol–water partition coefficient (Wildman–Crippen LogP) is 2.85. The van der Waals surface area contributed by atoms with E-state index in [1.54, 1.807) is 13.0 Å². The Morgan fingerprint density at radius 3 is 2.36 bits per heavy atom. The second-order valence-corrected chi connectivity index (χ2v) is 4.56. The number of aromatic carboxylic acids is 1. The van der Waals surface area contributed by atoms with Crippen LogP contribution in [-0.4, -0.2) is 21.9 Å². The van der Waals surface area contributed by atoms with Crippen molar-refractivity contribution in [2.24, 2.45) is 0 Å². The molecule has 2 aromatic rings. The van der Waals surface area contributed by atoms with Crippen molar-refractivity contribution in [3.63, 3.8) is 0 Å². The molecular weight excluding hydrogens is 288 g/mol. The Kier molecular flexibility index (Phi) is 4.17. The number of amides is 1. The summed E-state index contributed by atoms with van der Waals surface area (Å²) in [6.07, 6.45) is 0. The third kappa shape index (κ3) is 3.09. The van der Waals surface area contributed by atoms with Gasteiger partial charge in [-0.15, -0.1) is 0 Å². The standard InChI is InChI=1S/C15H12N2O5/c1-9-6-7-10(8-13(9)17(21)22)16-14(18)11-4-2-3-5-12(11)15(19)20/h2-8H,1H3,(H,16,18)(H,19,20). The van der Waals surface area contributed by atoms with Gasteiger partial charge in [0.25, 0.3) is 11.6 Å². The molecule has 22 heavy (non-hydrogen) atoms. The lowest BCUT2D eigenvalue weighted by Crippen LogP contribution is -2.16. The normalized spacial score (nSPS) is 10.0. The Morgan fingerprint density at radius 1 is 1.14 bits per heavy atom. The van der Waals surface area contributed by atoms with E-state index in [9.17, 15) is 19.7 Å². The lowest BCUT2D eigenvalue weighted by Gasteiger charge is -2.08. The average molecular weight is 300 g/mol. The van der Waals surface area contributed by atoms with E-state index < -0.39 is 16.8 Å². The van der Waals surface area contributed by atoms with Crippen molar-refractivity contribution in [2.45, 2.75) is 6.92 Å². The van der Waals surface area contributed by atoms with Crippen LogP contribution in [0.4, 0.5) is 11.4 Å². The lowest BCUT2D eigenvalue weighted by atomic mass is 10.1. The fourth-order valence-electron chi connectivity index (χ4n) is 1.95. The number of carbonyl (C=O) groups is 2. The zero-order valence-corrected chi connectivity index (χ0v) is 11.6. The number of nitro groups is 1. The molecule has 1 amide bonds. The van der Waals surface area contributed by atoms with Crippen LogP contribution in [-0.2, 0) is 0 Å². The molecule has 0 heterocycles. The maximum absolute atomic E-state index is 12.2. The Labute approximate surface area is 125 Å². The summed E-state index contributed by atoms with van der Waals surface area (Å²) in [5.41, 5.74) is 0.417. The molecule has 2 aromatic carbocycles. The van der Waals surface area contributed by atoms with Crippen LogP contribution in [0.15, 0.2) is 42.5 Å². The van der Waals surface area contributed by atoms with Crippen LogP contribution < -0.4 is 5.32 Å². The smallest absolute Gasteiger partial charge is 0.336 e. The molecule has 0 fully saturated rings. The van der Waals surface area contributed by atoms with E-state index >= 15 is 0 Å². The number of hydrogen-bond donors (Lipinski definition) is 2. The number of nitro benzene ring substituents is 1.